The van der Waals surface area contributed by atoms with Gasteiger partial charge in [-0.1, -0.05) is 6.07 Å². The lowest BCUT2D eigenvalue weighted by Crippen LogP contribution is -2.17. The highest BCUT2D eigenvalue weighted by Gasteiger charge is 2.04. The summed E-state index contributed by atoms with van der Waals surface area (Å²) in [6.45, 7) is 7.93. The van der Waals surface area contributed by atoms with Gasteiger partial charge in [0.15, 0.2) is 0 Å². The van der Waals surface area contributed by atoms with Crippen LogP contribution in [0.1, 0.15) is 37.0 Å². The molecule has 18 heavy (non-hydrogen) atoms. The van der Waals surface area contributed by atoms with Gasteiger partial charge < -0.3 is 9.88 Å². The van der Waals surface area contributed by atoms with E-state index in [1.165, 1.54) is 5.69 Å². The third kappa shape index (κ3) is 3.17. The predicted molar refractivity (Wildman–Crippen MR) is 72.1 cm³/mol. The lowest BCUT2D eigenvalue weighted by atomic mass is 10.3. The smallest absolute Gasteiger partial charge is 0.0951 e. The van der Waals surface area contributed by atoms with Crippen molar-refractivity contribution in [2.45, 2.75) is 39.9 Å². The third-order valence-corrected chi connectivity index (χ3v) is 2.86. The van der Waals surface area contributed by atoms with E-state index < -0.39 is 0 Å². The summed E-state index contributed by atoms with van der Waals surface area (Å²) in [5, 5.41) is 3.40. The molecule has 0 amide bonds. The maximum atomic E-state index is 4.46. The zero-order valence-corrected chi connectivity index (χ0v) is 11.2. The van der Waals surface area contributed by atoms with Crippen molar-refractivity contribution in [3.05, 3.63) is 47.8 Å². The van der Waals surface area contributed by atoms with Crippen molar-refractivity contribution in [3.63, 3.8) is 0 Å². The highest BCUT2D eigenvalue weighted by atomic mass is 15.1. The van der Waals surface area contributed by atoms with E-state index in [9.17, 15) is 0 Å². The molecule has 0 saturated carbocycles. The molecule has 4 nitrogen and oxygen atoms in total. The number of nitrogens with one attached hydrogen (secondary N) is 1. The van der Waals surface area contributed by atoms with Gasteiger partial charge in [-0.05, 0) is 32.9 Å². The van der Waals surface area contributed by atoms with Crippen LogP contribution < -0.4 is 5.32 Å². The molecule has 0 aliphatic rings. The summed E-state index contributed by atoms with van der Waals surface area (Å²) >= 11 is 0. The van der Waals surface area contributed by atoms with Crippen LogP contribution in [0.5, 0.6) is 0 Å². The summed E-state index contributed by atoms with van der Waals surface area (Å²) in [6.07, 6.45) is 3.79. The minimum Gasteiger partial charge on any atom is -0.331 e. The molecule has 0 saturated heterocycles. The number of nitrogens with zero attached hydrogens (tertiary/aromatic N) is 3. The highest BCUT2D eigenvalue weighted by molar-refractivity contribution is 5.10. The molecule has 0 fully saturated rings. The van der Waals surface area contributed by atoms with Crippen molar-refractivity contribution in [1.82, 2.24) is 19.9 Å². The molecule has 0 spiro atoms. The Balaban J connectivity index is 1.90. The van der Waals surface area contributed by atoms with E-state index in [-0.39, 0.29) is 0 Å². The number of imidazole rings is 1. The molecular formula is C14H20N4. The Bertz CT molecular complexity index is 502. The van der Waals surface area contributed by atoms with E-state index in [4.69, 9.17) is 0 Å². The van der Waals surface area contributed by atoms with Crippen LogP contribution in [0.3, 0.4) is 0 Å². The normalized spacial score (nSPS) is 11.1. The van der Waals surface area contributed by atoms with E-state index in [1.807, 2.05) is 37.6 Å². The van der Waals surface area contributed by atoms with Crippen LogP contribution in [-0.2, 0) is 13.1 Å². The first-order valence-corrected chi connectivity index (χ1v) is 6.31. The summed E-state index contributed by atoms with van der Waals surface area (Å²) in [4.78, 5) is 8.66. The Morgan fingerprint density at radius 2 is 2.11 bits per heavy atom. The molecule has 0 bridgehead atoms. The van der Waals surface area contributed by atoms with Gasteiger partial charge in [0.05, 0.1) is 17.7 Å². The van der Waals surface area contributed by atoms with Gasteiger partial charge in [-0.3, -0.25) is 4.98 Å². The van der Waals surface area contributed by atoms with Gasteiger partial charge in [-0.2, -0.15) is 0 Å². The van der Waals surface area contributed by atoms with Crippen LogP contribution >= 0.6 is 0 Å². The van der Waals surface area contributed by atoms with E-state index in [2.05, 4.69) is 33.7 Å². The molecule has 2 heterocycles. The molecule has 1 N–H and O–H groups in total. The zero-order valence-electron chi connectivity index (χ0n) is 11.2. The summed E-state index contributed by atoms with van der Waals surface area (Å²) in [5.41, 5.74) is 3.34. The van der Waals surface area contributed by atoms with E-state index >= 15 is 0 Å². The predicted octanol–water partition coefficient (Wildman–Crippen LogP) is 2.46. The Morgan fingerprint density at radius 1 is 1.28 bits per heavy atom. The Hall–Kier alpha value is -1.68. The number of pyridine rings is 1. The van der Waals surface area contributed by atoms with Crippen molar-refractivity contribution in [1.29, 1.82) is 0 Å². The van der Waals surface area contributed by atoms with Crippen LogP contribution in [0, 0.1) is 6.92 Å². The minimum atomic E-state index is 0.446. The van der Waals surface area contributed by atoms with E-state index in [0.717, 1.165) is 24.5 Å². The van der Waals surface area contributed by atoms with Gasteiger partial charge >= 0.3 is 0 Å². The monoisotopic (exact) mass is 244 g/mol. The molecule has 0 radical (unpaired) electrons. The van der Waals surface area contributed by atoms with Crippen molar-refractivity contribution < 1.29 is 0 Å². The van der Waals surface area contributed by atoms with Gasteiger partial charge in [0.2, 0.25) is 0 Å². The van der Waals surface area contributed by atoms with Crippen LogP contribution in [0.4, 0.5) is 0 Å². The maximum absolute atomic E-state index is 4.46. The van der Waals surface area contributed by atoms with Gasteiger partial charge in [0.1, 0.15) is 0 Å². The quantitative estimate of drug-likeness (QED) is 0.878. The van der Waals surface area contributed by atoms with Crippen LogP contribution in [0.2, 0.25) is 0 Å². The van der Waals surface area contributed by atoms with Crippen LogP contribution in [0.15, 0.2) is 30.7 Å². The van der Waals surface area contributed by atoms with Crippen molar-refractivity contribution in [2.24, 2.45) is 0 Å². The third-order valence-electron chi connectivity index (χ3n) is 2.86. The Morgan fingerprint density at radius 3 is 2.83 bits per heavy atom. The topological polar surface area (TPSA) is 42.7 Å². The second kappa shape index (κ2) is 5.78. The molecular weight excluding hydrogens is 224 g/mol. The molecule has 96 valence electrons. The lowest BCUT2D eigenvalue weighted by Gasteiger charge is -2.12. The second-order valence-electron chi connectivity index (χ2n) is 4.76. The zero-order chi connectivity index (χ0) is 13.0. The van der Waals surface area contributed by atoms with Crippen molar-refractivity contribution >= 4 is 0 Å². The Kier molecular flexibility index (Phi) is 4.10. The van der Waals surface area contributed by atoms with Gasteiger partial charge in [0, 0.05) is 31.0 Å². The number of hydrogen-bond donors (Lipinski definition) is 1. The van der Waals surface area contributed by atoms with E-state index in [0.29, 0.717) is 6.04 Å². The molecule has 0 aromatic carbocycles. The first-order chi connectivity index (χ1) is 8.66. The van der Waals surface area contributed by atoms with Gasteiger partial charge in [-0.15, -0.1) is 0 Å². The maximum Gasteiger partial charge on any atom is 0.0951 e. The molecule has 0 unspecified atom stereocenters. The molecule has 4 heteroatoms. The van der Waals surface area contributed by atoms with Crippen LogP contribution in [0.25, 0.3) is 0 Å². The Labute approximate surface area is 108 Å². The molecule has 0 atom stereocenters. The summed E-state index contributed by atoms with van der Waals surface area (Å²) in [7, 11) is 0. The number of aromatic nitrogens is 3. The molecule has 2 aromatic heterocycles. The molecule has 0 aliphatic carbocycles. The first-order valence-electron chi connectivity index (χ1n) is 6.31. The number of rotatable bonds is 5. The summed E-state index contributed by atoms with van der Waals surface area (Å²) < 4.78 is 2.18. The lowest BCUT2D eigenvalue weighted by molar-refractivity contribution is 0.549. The first kappa shape index (κ1) is 12.8. The molecule has 2 rings (SSSR count). The molecule has 2 aromatic rings. The van der Waals surface area contributed by atoms with Crippen molar-refractivity contribution in [2.75, 3.05) is 0 Å². The number of aryl methyl sites for hydroxylation is 1. The fraction of sp³-hybridized carbons (Fsp3) is 0.429. The summed E-state index contributed by atoms with van der Waals surface area (Å²) in [5.74, 6) is 0. The second-order valence-corrected chi connectivity index (χ2v) is 4.76. The van der Waals surface area contributed by atoms with Crippen molar-refractivity contribution in [3.8, 4) is 0 Å². The average Bonchev–Trinajstić information content (AvgIpc) is 2.77. The van der Waals surface area contributed by atoms with Gasteiger partial charge in [-0.25, -0.2) is 4.98 Å². The van der Waals surface area contributed by atoms with Gasteiger partial charge in [0.25, 0.3) is 0 Å². The van der Waals surface area contributed by atoms with Crippen LogP contribution in [-0.4, -0.2) is 14.5 Å². The molecule has 0 aliphatic heterocycles. The standard InChI is InChI=1S/C14H20N4/c1-11(2)18-10-16-9-14(18)8-15-7-13-6-4-5-12(3)17-13/h4-6,9-11,15H,7-8H2,1-3H3. The summed E-state index contributed by atoms with van der Waals surface area (Å²) in [6, 6.07) is 6.54. The highest BCUT2D eigenvalue weighted by Crippen LogP contribution is 2.08. The fourth-order valence-corrected chi connectivity index (χ4v) is 1.95. The fourth-order valence-electron chi connectivity index (χ4n) is 1.95. The average molecular weight is 244 g/mol. The largest absolute Gasteiger partial charge is 0.331 e. The SMILES string of the molecule is Cc1cccc(CNCc2cncn2C(C)C)n1. The number of hydrogen-bond acceptors (Lipinski definition) is 3. The van der Waals surface area contributed by atoms with E-state index in [1.54, 1.807) is 0 Å². The minimum absolute atomic E-state index is 0.446.